The zero-order valence-electron chi connectivity index (χ0n) is 15.3. The third-order valence-electron chi connectivity index (χ3n) is 4.85. The molecule has 1 aromatic carbocycles. The molecule has 0 bridgehead atoms. The Balaban J connectivity index is 1.63. The number of ether oxygens (including phenoxy) is 1. The number of carbonyl (C=O) groups is 3. The molecule has 150 valence electrons. The normalized spacial score (nSPS) is 20.5. The van der Waals surface area contributed by atoms with E-state index in [-0.39, 0.29) is 18.7 Å². The van der Waals surface area contributed by atoms with Crippen LogP contribution in [0.2, 0.25) is 0 Å². The number of amides is 2. The summed E-state index contributed by atoms with van der Waals surface area (Å²) in [5, 5.41) is 12.7. The molecule has 0 saturated carbocycles. The van der Waals surface area contributed by atoms with Crippen molar-refractivity contribution < 1.29 is 28.6 Å². The van der Waals surface area contributed by atoms with Gasteiger partial charge >= 0.3 is 0 Å². The van der Waals surface area contributed by atoms with Crippen molar-refractivity contribution in [3.63, 3.8) is 0 Å². The Labute approximate surface area is 161 Å². The van der Waals surface area contributed by atoms with Crippen LogP contribution in [-0.2, 0) is 25.7 Å². The van der Waals surface area contributed by atoms with Gasteiger partial charge in [0.05, 0.1) is 18.8 Å². The van der Waals surface area contributed by atoms with Crippen LogP contribution in [0.25, 0.3) is 0 Å². The molecule has 2 aliphatic rings. The topological polar surface area (TPSA) is 99.2 Å². The van der Waals surface area contributed by atoms with Crippen molar-refractivity contribution in [2.75, 3.05) is 39.4 Å². The average molecular weight is 391 g/mol. The minimum atomic E-state index is -1.14. The van der Waals surface area contributed by atoms with Crippen LogP contribution in [0.4, 0.5) is 4.39 Å². The Morgan fingerprint density at radius 3 is 2.57 bits per heavy atom. The Morgan fingerprint density at radius 2 is 1.93 bits per heavy atom. The number of benzene rings is 1. The number of nitrogens with zero attached hydrogens (tertiary/aromatic N) is 2. The first-order valence-electron chi connectivity index (χ1n) is 9.03. The first-order valence-corrected chi connectivity index (χ1v) is 9.03. The molecule has 0 aliphatic carbocycles. The van der Waals surface area contributed by atoms with Gasteiger partial charge in [0.15, 0.2) is 5.76 Å². The molecule has 1 atom stereocenters. The smallest absolute Gasteiger partial charge is 0.290 e. The maximum absolute atomic E-state index is 13.0. The van der Waals surface area contributed by atoms with E-state index in [2.05, 4.69) is 10.2 Å². The van der Waals surface area contributed by atoms with Crippen molar-refractivity contribution in [3.05, 3.63) is 47.0 Å². The summed E-state index contributed by atoms with van der Waals surface area (Å²) in [6.45, 7) is 3.44. The van der Waals surface area contributed by atoms with Crippen molar-refractivity contribution in [3.8, 4) is 0 Å². The second kappa shape index (κ2) is 8.94. The molecule has 0 aromatic heterocycles. The lowest BCUT2D eigenvalue weighted by molar-refractivity contribution is -0.132. The number of halogens is 1. The summed E-state index contributed by atoms with van der Waals surface area (Å²) in [4.78, 5) is 39.7. The largest absolute Gasteiger partial charge is 0.503 e. The van der Waals surface area contributed by atoms with Crippen LogP contribution in [0.3, 0.4) is 0 Å². The molecule has 1 fully saturated rings. The van der Waals surface area contributed by atoms with E-state index >= 15 is 0 Å². The van der Waals surface area contributed by atoms with E-state index in [1.54, 1.807) is 0 Å². The number of aliphatic hydroxyl groups is 1. The highest BCUT2D eigenvalue weighted by atomic mass is 19.1. The predicted molar refractivity (Wildman–Crippen MR) is 96.7 cm³/mol. The summed E-state index contributed by atoms with van der Waals surface area (Å²) < 4.78 is 18.2. The van der Waals surface area contributed by atoms with Gasteiger partial charge < -0.3 is 24.9 Å². The Hall–Kier alpha value is -2.78. The molecule has 0 radical (unpaired) electrons. The first kappa shape index (κ1) is 20.0. The summed E-state index contributed by atoms with van der Waals surface area (Å²) in [6.07, 6.45) is 0.479. The molecule has 1 saturated heterocycles. The Kier molecular flexibility index (Phi) is 6.37. The highest BCUT2D eigenvalue weighted by Crippen LogP contribution is 2.24. The van der Waals surface area contributed by atoms with Gasteiger partial charge in [0.2, 0.25) is 0 Å². The summed E-state index contributed by atoms with van der Waals surface area (Å²) in [6, 6.07) is 4.41. The zero-order chi connectivity index (χ0) is 20.1. The maximum atomic E-state index is 13.0. The van der Waals surface area contributed by atoms with Crippen molar-refractivity contribution >= 4 is 18.1 Å². The van der Waals surface area contributed by atoms with Crippen LogP contribution < -0.4 is 5.32 Å². The second-order valence-corrected chi connectivity index (χ2v) is 6.60. The summed E-state index contributed by atoms with van der Waals surface area (Å²) in [5.41, 5.74) is 0.384. The molecule has 2 amide bonds. The van der Waals surface area contributed by atoms with E-state index < -0.39 is 29.4 Å². The quantitative estimate of drug-likeness (QED) is 0.635. The lowest BCUT2D eigenvalue weighted by Crippen LogP contribution is -2.46. The number of hydrogen-bond acceptors (Lipinski definition) is 6. The number of aldehydes is 1. The molecule has 9 heteroatoms. The number of hydrogen-bond donors (Lipinski definition) is 2. The van der Waals surface area contributed by atoms with Crippen molar-refractivity contribution in [2.24, 2.45) is 0 Å². The van der Waals surface area contributed by atoms with Gasteiger partial charge in [-0.2, -0.15) is 0 Å². The van der Waals surface area contributed by atoms with E-state index in [0.717, 1.165) is 13.1 Å². The molecular formula is C19H22FN3O5. The second-order valence-electron chi connectivity index (χ2n) is 6.60. The van der Waals surface area contributed by atoms with Crippen LogP contribution in [0.1, 0.15) is 5.56 Å². The highest BCUT2D eigenvalue weighted by molar-refractivity contribution is 6.11. The van der Waals surface area contributed by atoms with E-state index in [1.807, 2.05) is 0 Å². The minimum Gasteiger partial charge on any atom is -0.503 e. The average Bonchev–Trinajstić information content (AvgIpc) is 2.96. The standard InChI is InChI=1S/C19H22FN3O5/c20-14-3-1-13(2-4-14)11-21-18(26)16-15(12-24)23(19(27)17(16)25)6-5-22-7-9-28-10-8-22/h1-4,12,15,25H,5-11H2,(H,21,26). The molecule has 1 aromatic rings. The van der Waals surface area contributed by atoms with Crippen molar-refractivity contribution in [2.45, 2.75) is 12.6 Å². The fraction of sp³-hybridized carbons (Fsp3) is 0.421. The van der Waals surface area contributed by atoms with Gasteiger partial charge in [0.25, 0.3) is 11.8 Å². The lowest BCUT2D eigenvalue weighted by Gasteiger charge is -2.29. The highest BCUT2D eigenvalue weighted by Gasteiger charge is 2.42. The molecule has 1 unspecified atom stereocenters. The Bertz CT molecular complexity index is 774. The maximum Gasteiger partial charge on any atom is 0.290 e. The predicted octanol–water partition coefficient (Wildman–Crippen LogP) is -0.00410. The molecule has 3 rings (SSSR count). The zero-order valence-corrected chi connectivity index (χ0v) is 15.3. The van der Waals surface area contributed by atoms with Gasteiger partial charge in [-0.05, 0) is 17.7 Å². The molecule has 8 nitrogen and oxygen atoms in total. The fourth-order valence-corrected chi connectivity index (χ4v) is 3.25. The van der Waals surface area contributed by atoms with Gasteiger partial charge in [-0.25, -0.2) is 4.39 Å². The molecule has 2 heterocycles. The summed E-state index contributed by atoms with van der Waals surface area (Å²) in [5.74, 6) is -2.55. The first-order chi connectivity index (χ1) is 13.5. The molecule has 2 aliphatic heterocycles. The molecule has 28 heavy (non-hydrogen) atoms. The SMILES string of the molecule is O=CC1C(C(=O)NCc2ccc(F)cc2)=C(O)C(=O)N1CCN1CCOCC1. The van der Waals surface area contributed by atoms with Gasteiger partial charge in [0.1, 0.15) is 18.1 Å². The van der Waals surface area contributed by atoms with Crippen LogP contribution in [0.5, 0.6) is 0 Å². The Morgan fingerprint density at radius 1 is 1.25 bits per heavy atom. The van der Waals surface area contributed by atoms with Gasteiger partial charge in [-0.3, -0.25) is 14.5 Å². The third-order valence-corrected chi connectivity index (χ3v) is 4.85. The third kappa shape index (κ3) is 4.37. The van der Waals surface area contributed by atoms with E-state index in [4.69, 9.17) is 4.74 Å². The fourth-order valence-electron chi connectivity index (χ4n) is 3.25. The monoisotopic (exact) mass is 391 g/mol. The minimum absolute atomic E-state index is 0.0729. The lowest BCUT2D eigenvalue weighted by atomic mass is 10.1. The molecule has 0 spiro atoms. The van der Waals surface area contributed by atoms with Gasteiger partial charge in [0, 0.05) is 32.7 Å². The number of carbonyl (C=O) groups excluding carboxylic acids is 3. The van der Waals surface area contributed by atoms with E-state index in [1.165, 1.54) is 29.2 Å². The van der Waals surface area contributed by atoms with E-state index in [0.29, 0.717) is 31.6 Å². The molecular weight excluding hydrogens is 369 g/mol. The number of morpholine rings is 1. The van der Waals surface area contributed by atoms with Crippen LogP contribution in [0.15, 0.2) is 35.6 Å². The van der Waals surface area contributed by atoms with Crippen LogP contribution in [0, 0.1) is 5.82 Å². The number of nitrogens with one attached hydrogen (secondary N) is 1. The number of aliphatic hydroxyl groups excluding tert-OH is 1. The van der Waals surface area contributed by atoms with Crippen molar-refractivity contribution in [1.82, 2.24) is 15.1 Å². The van der Waals surface area contributed by atoms with Crippen molar-refractivity contribution in [1.29, 1.82) is 0 Å². The van der Waals surface area contributed by atoms with Gasteiger partial charge in [-0.15, -0.1) is 0 Å². The summed E-state index contributed by atoms with van der Waals surface area (Å²) in [7, 11) is 0. The van der Waals surface area contributed by atoms with Crippen LogP contribution in [-0.4, -0.2) is 78.4 Å². The van der Waals surface area contributed by atoms with Gasteiger partial charge in [-0.1, -0.05) is 12.1 Å². The summed E-state index contributed by atoms with van der Waals surface area (Å²) >= 11 is 0. The van der Waals surface area contributed by atoms with Crippen LogP contribution >= 0.6 is 0 Å². The van der Waals surface area contributed by atoms with E-state index in [9.17, 15) is 23.9 Å². The number of rotatable bonds is 7. The molecule has 2 N–H and O–H groups in total.